The lowest BCUT2D eigenvalue weighted by molar-refractivity contribution is 0.563. The van der Waals surface area contributed by atoms with Crippen molar-refractivity contribution in [2.75, 3.05) is 6.54 Å². The highest BCUT2D eigenvalue weighted by molar-refractivity contribution is 14.1. The average Bonchev–Trinajstić information content (AvgIpc) is 2.38. The van der Waals surface area contributed by atoms with E-state index in [1.807, 2.05) is 0 Å². The summed E-state index contributed by atoms with van der Waals surface area (Å²) in [5.74, 6) is -1.05. The highest BCUT2D eigenvalue weighted by atomic mass is 127. The number of hydrogen-bond donors (Lipinski definition) is 1. The van der Waals surface area contributed by atoms with Crippen molar-refractivity contribution in [1.82, 2.24) is 5.32 Å². The lowest BCUT2D eigenvalue weighted by Gasteiger charge is -2.14. The minimum absolute atomic E-state index is 0.213. The molecule has 106 valence electrons. The van der Waals surface area contributed by atoms with Crippen LogP contribution in [0.15, 0.2) is 42.5 Å². The van der Waals surface area contributed by atoms with Crippen molar-refractivity contribution in [3.63, 3.8) is 0 Å². The topological polar surface area (TPSA) is 12.0 Å². The van der Waals surface area contributed by atoms with Crippen LogP contribution in [0, 0.1) is 15.2 Å². The van der Waals surface area contributed by atoms with Crippen LogP contribution >= 0.6 is 22.6 Å². The van der Waals surface area contributed by atoms with Gasteiger partial charge in [0, 0.05) is 15.7 Å². The Morgan fingerprint density at radius 1 is 1.05 bits per heavy atom. The molecule has 20 heavy (non-hydrogen) atoms. The zero-order chi connectivity index (χ0) is 14.5. The van der Waals surface area contributed by atoms with E-state index in [0.717, 1.165) is 6.07 Å². The van der Waals surface area contributed by atoms with E-state index in [0.29, 0.717) is 18.5 Å². The summed E-state index contributed by atoms with van der Waals surface area (Å²) in [5.41, 5.74) is 1.88. The molecule has 0 radical (unpaired) electrons. The smallest absolute Gasteiger partial charge is 0.126 e. The second-order valence-electron chi connectivity index (χ2n) is 4.76. The Kier molecular flexibility index (Phi) is 5.48. The molecule has 1 unspecified atom stereocenters. The maximum atomic E-state index is 13.1. The summed E-state index contributed by atoms with van der Waals surface area (Å²) >= 11 is 2.27. The standard InChI is InChI=1S/C16H16F2IN/c1-11(13-2-4-16(19)5-3-13)20-7-6-12-8-14(17)10-15(18)9-12/h2-5,8-11,20H,6-7H2,1H3. The maximum Gasteiger partial charge on any atom is 0.126 e. The molecule has 0 fully saturated rings. The van der Waals surface area contributed by atoms with Crippen molar-refractivity contribution >= 4 is 22.6 Å². The quantitative estimate of drug-likeness (QED) is 0.747. The SMILES string of the molecule is CC(NCCc1cc(F)cc(F)c1)c1ccc(I)cc1. The van der Waals surface area contributed by atoms with Gasteiger partial charge < -0.3 is 5.32 Å². The van der Waals surface area contributed by atoms with Crippen molar-refractivity contribution in [1.29, 1.82) is 0 Å². The summed E-state index contributed by atoms with van der Waals surface area (Å²) in [6.45, 7) is 2.75. The number of rotatable bonds is 5. The molecule has 0 aliphatic rings. The van der Waals surface area contributed by atoms with E-state index in [1.165, 1.54) is 21.3 Å². The Balaban J connectivity index is 1.87. The predicted molar refractivity (Wildman–Crippen MR) is 85.6 cm³/mol. The van der Waals surface area contributed by atoms with Gasteiger partial charge in [0.25, 0.3) is 0 Å². The molecule has 0 aliphatic heterocycles. The number of benzene rings is 2. The highest BCUT2D eigenvalue weighted by Crippen LogP contribution is 2.14. The van der Waals surface area contributed by atoms with Crippen LogP contribution < -0.4 is 5.32 Å². The van der Waals surface area contributed by atoms with Gasteiger partial charge in [0.1, 0.15) is 11.6 Å². The Hall–Kier alpha value is -1.01. The molecule has 0 saturated heterocycles. The fourth-order valence-electron chi connectivity index (χ4n) is 2.06. The van der Waals surface area contributed by atoms with Gasteiger partial charge in [-0.25, -0.2) is 8.78 Å². The first-order valence-electron chi connectivity index (χ1n) is 6.48. The number of hydrogen-bond acceptors (Lipinski definition) is 1. The Morgan fingerprint density at radius 2 is 1.65 bits per heavy atom. The molecule has 2 rings (SSSR count). The molecule has 2 aromatic carbocycles. The van der Waals surface area contributed by atoms with Crippen LogP contribution in [-0.4, -0.2) is 6.54 Å². The third kappa shape index (κ3) is 4.52. The first kappa shape index (κ1) is 15.4. The third-order valence-electron chi connectivity index (χ3n) is 3.16. The zero-order valence-corrected chi connectivity index (χ0v) is 13.3. The maximum absolute atomic E-state index is 13.1. The molecule has 0 spiro atoms. The van der Waals surface area contributed by atoms with Crippen LogP contribution in [0.2, 0.25) is 0 Å². The van der Waals surface area contributed by atoms with Gasteiger partial charge in [0.15, 0.2) is 0 Å². The molecule has 1 N–H and O–H groups in total. The molecule has 4 heteroatoms. The van der Waals surface area contributed by atoms with E-state index in [1.54, 1.807) is 0 Å². The van der Waals surface area contributed by atoms with E-state index in [9.17, 15) is 8.78 Å². The van der Waals surface area contributed by atoms with E-state index in [2.05, 4.69) is 59.1 Å². The van der Waals surface area contributed by atoms with Crippen molar-refractivity contribution in [2.24, 2.45) is 0 Å². The van der Waals surface area contributed by atoms with E-state index < -0.39 is 11.6 Å². The minimum Gasteiger partial charge on any atom is -0.310 e. The monoisotopic (exact) mass is 387 g/mol. The normalized spacial score (nSPS) is 12.4. The summed E-state index contributed by atoms with van der Waals surface area (Å²) in [6, 6.07) is 12.2. The summed E-state index contributed by atoms with van der Waals surface area (Å²) in [7, 11) is 0. The molecule has 0 amide bonds. The molecule has 0 bridgehead atoms. The zero-order valence-electron chi connectivity index (χ0n) is 11.2. The minimum atomic E-state index is -0.523. The molecule has 0 heterocycles. The second-order valence-corrected chi connectivity index (χ2v) is 6.00. The van der Waals surface area contributed by atoms with Gasteiger partial charge >= 0.3 is 0 Å². The van der Waals surface area contributed by atoms with Crippen LogP contribution in [-0.2, 0) is 6.42 Å². The fraction of sp³-hybridized carbons (Fsp3) is 0.250. The van der Waals surface area contributed by atoms with Crippen LogP contribution in [0.25, 0.3) is 0 Å². The number of halogens is 3. The van der Waals surface area contributed by atoms with Crippen LogP contribution in [0.5, 0.6) is 0 Å². The van der Waals surface area contributed by atoms with Gasteiger partial charge in [-0.15, -0.1) is 0 Å². The van der Waals surface area contributed by atoms with Gasteiger partial charge in [0.05, 0.1) is 0 Å². The lowest BCUT2D eigenvalue weighted by Crippen LogP contribution is -2.21. The van der Waals surface area contributed by atoms with Crippen molar-refractivity contribution in [3.8, 4) is 0 Å². The number of nitrogens with one attached hydrogen (secondary N) is 1. The largest absolute Gasteiger partial charge is 0.310 e. The van der Waals surface area contributed by atoms with Crippen LogP contribution in [0.1, 0.15) is 24.1 Å². The van der Waals surface area contributed by atoms with Crippen molar-refractivity contribution in [3.05, 3.63) is 68.8 Å². The molecule has 1 nitrogen and oxygen atoms in total. The third-order valence-corrected chi connectivity index (χ3v) is 3.88. The first-order chi connectivity index (χ1) is 9.54. The second kappa shape index (κ2) is 7.13. The van der Waals surface area contributed by atoms with Gasteiger partial charge in [-0.3, -0.25) is 0 Å². The average molecular weight is 387 g/mol. The predicted octanol–water partition coefficient (Wildman–Crippen LogP) is 4.46. The van der Waals surface area contributed by atoms with Gasteiger partial charge in [-0.2, -0.15) is 0 Å². The van der Waals surface area contributed by atoms with Crippen molar-refractivity contribution in [2.45, 2.75) is 19.4 Å². The molecule has 0 aromatic heterocycles. The fourth-order valence-corrected chi connectivity index (χ4v) is 2.42. The van der Waals surface area contributed by atoms with E-state index >= 15 is 0 Å². The summed E-state index contributed by atoms with van der Waals surface area (Å²) in [4.78, 5) is 0. The van der Waals surface area contributed by atoms with E-state index in [4.69, 9.17) is 0 Å². The Labute approximate surface area is 131 Å². The molecular weight excluding hydrogens is 371 g/mol. The van der Waals surface area contributed by atoms with Gasteiger partial charge in [-0.05, 0) is 77.9 Å². The van der Waals surface area contributed by atoms with Gasteiger partial charge in [-0.1, -0.05) is 12.1 Å². The summed E-state index contributed by atoms with van der Waals surface area (Å²) in [5, 5.41) is 3.36. The molecular formula is C16H16F2IN. The van der Waals surface area contributed by atoms with E-state index in [-0.39, 0.29) is 6.04 Å². The van der Waals surface area contributed by atoms with Gasteiger partial charge in [0.2, 0.25) is 0 Å². The van der Waals surface area contributed by atoms with Crippen LogP contribution in [0.4, 0.5) is 8.78 Å². The summed E-state index contributed by atoms with van der Waals surface area (Å²) < 4.78 is 27.3. The highest BCUT2D eigenvalue weighted by Gasteiger charge is 2.05. The van der Waals surface area contributed by atoms with Crippen molar-refractivity contribution < 1.29 is 8.78 Å². The molecule has 0 saturated carbocycles. The summed E-state index contributed by atoms with van der Waals surface area (Å²) in [6.07, 6.45) is 0.601. The Morgan fingerprint density at radius 3 is 2.25 bits per heavy atom. The lowest BCUT2D eigenvalue weighted by atomic mass is 10.1. The molecule has 2 aromatic rings. The first-order valence-corrected chi connectivity index (χ1v) is 7.56. The molecule has 0 aliphatic carbocycles. The Bertz CT molecular complexity index is 549. The molecule has 1 atom stereocenters. The van der Waals surface area contributed by atoms with Crippen LogP contribution in [0.3, 0.4) is 0 Å².